The normalized spacial score (nSPS) is 15.4. The lowest BCUT2D eigenvalue weighted by Crippen LogP contribution is -2.40. The van der Waals surface area contributed by atoms with Crippen molar-refractivity contribution >= 4 is 45.9 Å². The highest BCUT2D eigenvalue weighted by molar-refractivity contribution is 7.99. The molecule has 3 aromatic carbocycles. The van der Waals surface area contributed by atoms with Gasteiger partial charge in [-0.15, -0.1) is 0 Å². The summed E-state index contributed by atoms with van der Waals surface area (Å²) < 4.78 is 6.09. The third kappa shape index (κ3) is 4.25. The predicted octanol–water partition coefficient (Wildman–Crippen LogP) is 6.38. The minimum absolute atomic E-state index is 0.247. The minimum Gasteiger partial charge on any atom is -0.449 e. The zero-order valence-corrected chi connectivity index (χ0v) is 22.3. The van der Waals surface area contributed by atoms with Crippen LogP contribution in [0, 0.1) is 0 Å². The van der Waals surface area contributed by atoms with E-state index in [0.29, 0.717) is 18.5 Å². The van der Waals surface area contributed by atoms with Gasteiger partial charge in [-0.1, -0.05) is 68.1 Å². The molecule has 0 radical (unpaired) electrons. The second-order valence-electron chi connectivity index (χ2n) is 9.56. The second-order valence-corrected chi connectivity index (χ2v) is 10.6. The molecule has 0 spiro atoms. The van der Waals surface area contributed by atoms with Crippen LogP contribution in [-0.4, -0.2) is 41.0 Å². The first kappa shape index (κ1) is 24.6. The van der Waals surface area contributed by atoms with Gasteiger partial charge in [0.25, 0.3) is 5.91 Å². The average molecular weight is 524 g/mol. The van der Waals surface area contributed by atoms with Gasteiger partial charge in [-0.05, 0) is 43.3 Å². The number of aromatic nitrogens is 1. The monoisotopic (exact) mass is 523 g/mol. The lowest BCUT2D eigenvalue weighted by molar-refractivity contribution is -0.126. The van der Waals surface area contributed by atoms with Gasteiger partial charge in [-0.25, -0.2) is 4.79 Å². The van der Waals surface area contributed by atoms with Gasteiger partial charge in [0.15, 0.2) is 6.10 Å². The van der Waals surface area contributed by atoms with Crippen LogP contribution < -0.4 is 4.90 Å². The quantitative estimate of drug-likeness (QED) is 0.283. The summed E-state index contributed by atoms with van der Waals surface area (Å²) in [5.41, 5.74) is 4.77. The van der Waals surface area contributed by atoms with Crippen molar-refractivity contribution in [1.82, 2.24) is 9.88 Å². The van der Waals surface area contributed by atoms with Crippen LogP contribution in [0.3, 0.4) is 0 Å². The molecule has 1 amide bonds. The fraction of sp³-hybridized carbons (Fsp3) is 0.258. The topological polar surface area (TPSA) is 62.7 Å². The zero-order chi connectivity index (χ0) is 26.2. The minimum atomic E-state index is -0.930. The van der Waals surface area contributed by atoms with Crippen LogP contribution in [-0.2, 0) is 22.5 Å². The summed E-state index contributed by atoms with van der Waals surface area (Å²) >= 11 is 1.64. The van der Waals surface area contributed by atoms with Gasteiger partial charge >= 0.3 is 5.97 Å². The Balaban J connectivity index is 1.38. The van der Waals surface area contributed by atoms with Gasteiger partial charge in [0.05, 0.1) is 22.5 Å². The first-order valence-electron chi connectivity index (χ1n) is 13.1. The Kier molecular flexibility index (Phi) is 6.64. The molecular formula is C31H29N3O3S. The van der Waals surface area contributed by atoms with Crippen molar-refractivity contribution in [2.45, 2.75) is 49.1 Å². The summed E-state index contributed by atoms with van der Waals surface area (Å²) in [6.45, 7) is 6.44. The Hall–Kier alpha value is -3.68. The lowest BCUT2D eigenvalue weighted by Gasteiger charge is -2.33. The maximum atomic E-state index is 14.1. The number of likely N-dealkylation sites (N-methyl/N-ethyl adjacent to an activating group) is 1. The van der Waals surface area contributed by atoms with E-state index in [2.05, 4.69) is 11.8 Å². The highest BCUT2D eigenvalue weighted by Crippen LogP contribution is 2.48. The molecule has 0 saturated heterocycles. The standard InChI is InChI=1S/C31H29N3O3S/c1-3-26(30(35)34-24-13-7-9-15-27(24)38-28-16-10-8-14-25(28)34)37-31(36)29-20-11-5-6-12-22(20)32-23-17-18-33(4-2)19-21(23)29/h5-16,26H,3-4,17-19H2,1-2H3. The van der Waals surface area contributed by atoms with Crippen LogP contribution in [0.5, 0.6) is 0 Å². The van der Waals surface area contributed by atoms with Gasteiger partial charge in [-0.2, -0.15) is 0 Å². The number of fused-ring (bicyclic) bond motifs is 4. The molecule has 0 aliphatic carbocycles. The molecule has 38 heavy (non-hydrogen) atoms. The number of carbonyl (C=O) groups is 2. The number of rotatable bonds is 5. The summed E-state index contributed by atoms with van der Waals surface area (Å²) in [6, 6.07) is 23.4. The highest BCUT2D eigenvalue weighted by Gasteiger charge is 2.35. The molecule has 1 unspecified atom stereocenters. The van der Waals surface area contributed by atoms with Gasteiger partial charge in [-0.3, -0.25) is 19.6 Å². The highest BCUT2D eigenvalue weighted by atomic mass is 32.2. The maximum absolute atomic E-state index is 14.1. The Labute approximate surface area is 226 Å². The van der Waals surface area contributed by atoms with Gasteiger partial charge in [0, 0.05) is 45.9 Å². The van der Waals surface area contributed by atoms with E-state index < -0.39 is 12.1 Å². The van der Waals surface area contributed by atoms with Crippen LogP contribution in [0.1, 0.15) is 41.9 Å². The van der Waals surface area contributed by atoms with Gasteiger partial charge in [0.2, 0.25) is 0 Å². The van der Waals surface area contributed by atoms with Crippen molar-refractivity contribution < 1.29 is 14.3 Å². The average Bonchev–Trinajstić information content (AvgIpc) is 2.96. The van der Waals surface area contributed by atoms with Gasteiger partial charge < -0.3 is 4.74 Å². The number of para-hydroxylation sites is 3. The molecule has 2 aliphatic heterocycles. The largest absolute Gasteiger partial charge is 0.449 e. The first-order chi connectivity index (χ1) is 18.6. The van der Waals surface area contributed by atoms with Crippen molar-refractivity contribution in [2.75, 3.05) is 18.0 Å². The SMILES string of the molecule is CCC(OC(=O)c1c2c(nc3ccccc13)CCN(CC)C2)C(=O)N1c2ccccc2Sc2ccccc21. The van der Waals surface area contributed by atoms with E-state index in [0.717, 1.165) is 62.8 Å². The van der Waals surface area contributed by atoms with Crippen LogP contribution in [0.4, 0.5) is 11.4 Å². The molecule has 0 saturated carbocycles. The number of amides is 1. The van der Waals surface area contributed by atoms with Crippen LogP contribution in [0.15, 0.2) is 82.6 Å². The van der Waals surface area contributed by atoms with E-state index in [9.17, 15) is 9.59 Å². The number of hydrogen-bond acceptors (Lipinski definition) is 6. The Morgan fingerprint density at radius 3 is 2.29 bits per heavy atom. The zero-order valence-electron chi connectivity index (χ0n) is 21.5. The summed E-state index contributed by atoms with van der Waals surface area (Å²) in [5, 5.41) is 0.765. The Morgan fingerprint density at radius 2 is 1.61 bits per heavy atom. The van der Waals surface area contributed by atoms with E-state index in [1.54, 1.807) is 16.7 Å². The smallest absolute Gasteiger partial charge is 0.340 e. The lowest BCUT2D eigenvalue weighted by atomic mass is 9.95. The fourth-order valence-electron chi connectivity index (χ4n) is 5.33. The van der Waals surface area contributed by atoms with Crippen molar-refractivity contribution in [2.24, 2.45) is 0 Å². The number of pyridine rings is 1. The molecule has 6 nitrogen and oxygen atoms in total. The first-order valence-corrected chi connectivity index (χ1v) is 13.9. The van der Waals surface area contributed by atoms with Crippen molar-refractivity contribution in [3.05, 3.63) is 89.6 Å². The van der Waals surface area contributed by atoms with Gasteiger partial charge in [0.1, 0.15) is 0 Å². The molecule has 3 heterocycles. The van der Waals surface area contributed by atoms with E-state index in [1.165, 1.54) is 0 Å². The number of nitrogens with zero attached hydrogens (tertiary/aromatic N) is 3. The molecule has 192 valence electrons. The summed E-state index contributed by atoms with van der Waals surface area (Å²) in [5.74, 6) is -0.713. The number of hydrogen-bond donors (Lipinski definition) is 0. The molecule has 0 N–H and O–H groups in total. The van der Waals surface area contributed by atoms with Crippen molar-refractivity contribution in [3.63, 3.8) is 0 Å². The molecule has 0 fully saturated rings. The van der Waals surface area contributed by atoms with E-state index >= 15 is 0 Å². The van der Waals surface area contributed by atoms with Crippen molar-refractivity contribution in [3.8, 4) is 0 Å². The Bertz CT molecular complexity index is 1510. The molecule has 1 atom stereocenters. The van der Waals surface area contributed by atoms with E-state index in [1.807, 2.05) is 79.7 Å². The molecule has 6 rings (SSSR count). The van der Waals surface area contributed by atoms with Crippen LogP contribution in [0.2, 0.25) is 0 Å². The number of ether oxygens (including phenoxy) is 1. The summed E-state index contributed by atoms with van der Waals surface area (Å²) in [4.78, 5) is 38.9. The molecular weight excluding hydrogens is 494 g/mol. The molecule has 2 aliphatic rings. The Morgan fingerprint density at radius 1 is 0.947 bits per heavy atom. The summed E-state index contributed by atoms with van der Waals surface area (Å²) in [7, 11) is 0. The maximum Gasteiger partial charge on any atom is 0.340 e. The van der Waals surface area contributed by atoms with E-state index in [-0.39, 0.29) is 5.91 Å². The van der Waals surface area contributed by atoms with Crippen LogP contribution in [0.25, 0.3) is 10.9 Å². The number of anilines is 2. The number of esters is 1. The second kappa shape index (κ2) is 10.2. The predicted molar refractivity (Wildman–Crippen MR) is 150 cm³/mol. The third-order valence-electron chi connectivity index (χ3n) is 7.32. The molecule has 4 aromatic rings. The number of benzene rings is 3. The molecule has 1 aromatic heterocycles. The molecule has 0 bridgehead atoms. The van der Waals surface area contributed by atoms with Crippen LogP contribution >= 0.6 is 11.8 Å². The van der Waals surface area contributed by atoms with E-state index in [4.69, 9.17) is 9.72 Å². The van der Waals surface area contributed by atoms with Crippen molar-refractivity contribution in [1.29, 1.82) is 0 Å². The fourth-order valence-corrected chi connectivity index (χ4v) is 6.39. The number of carbonyl (C=O) groups excluding carboxylic acids is 2. The third-order valence-corrected chi connectivity index (χ3v) is 8.46. The molecule has 7 heteroatoms. The summed E-state index contributed by atoms with van der Waals surface area (Å²) in [6.07, 6.45) is 0.217.